The smallest absolute Gasteiger partial charge is 0.272 e. The maximum absolute atomic E-state index is 13.0. The largest absolute Gasteiger partial charge is 0.352 e. The Kier molecular flexibility index (Phi) is 5.33. The maximum atomic E-state index is 13.0. The van der Waals surface area contributed by atoms with Gasteiger partial charge in [0.25, 0.3) is 5.91 Å². The second-order valence-corrected chi connectivity index (χ2v) is 7.01. The minimum Gasteiger partial charge on any atom is -0.352 e. The van der Waals surface area contributed by atoms with Crippen LogP contribution in [0.3, 0.4) is 0 Å². The third-order valence-electron chi connectivity index (χ3n) is 5.21. The van der Waals surface area contributed by atoms with Crippen molar-refractivity contribution in [2.75, 3.05) is 18.0 Å². The van der Waals surface area contributed by atoms with E-state index in [9.17, 15) is 4.79 Å². The number of benzene rings is 2. The molecule has 2 aromatic carbocycles. The van der Waals surface area contributed by atoms with Crippen LogP contribution in [-0.2, 0) is 19.5 Å². The van der Waals surface area contributed by atoms with Gasteiger partial charge in [0.1, 0.15) is 17.8 Å². The number of hydrogen-bond acceptors (Lipinski definition) is 4. The van der Waals surface area contributed by atoms with Crippen LogP contribution >= 0.6 is 0 Å². The number of carbonyl (C=O) groups is 1. The Bertz CT molecular complexity index is 958. The number of rotatable bonds is 5. The van der Waals surface area contributed by atoms with E-state index in [1.54, 1.807) is 0 Å². The summed E-state index contributed by atoms with van der Waals surface area (Å²) in [4.78, 5) is 25.8. The third-order valence-corrected chi connectivity index (χ3v) is 5.21. The van der Waals surface area contributed by atoms with Gasteiger partial charge in [0, 0.05) is 32.2 Å². The van der Waals surface area contributed by atoms with Gasteiger partial charge < -0.3 is 9.80 Å². The Balaban J connectivity index is 1.52. The minimum atomic E-state index is -0.0626. The zero-order chi connectivity index (χ0) is 19.3. The molecule has 0 radical (unpaired) electrons. The zero-order valence-electron chi connectivity index (χ0n) is 16.1. The van der Waals surface area contributed by atoms with Gasteiger partial charge in [-0.3, -0.25) is 4.79 Å². The molecule has 5 heteroatoms. The Labute approximate surface area is 165 Å². The quantitative estimate of drug-likeness (QED) is 0.685. The van der Waals surface area contributed by atoms with Gasteiger partial charge >= 0.3 is 0 Å². The van der Waals surface area contributed by atoms with Gasteiger partial charge in [0.2, 0.25) is 0 Å². The predicted molar refractivity (Wildman–Crippen MR) is 110 cm³/mol. The van der Waals surface area contributed by atoms with Crippen LogP contribution in [0.15, 0.2) is 67.0 Å². The summed E-state index contributed by atoms with van der Waals surface area (Å²) in [5, 5.41) is 0. The van der Waals surface area contributed by atoms with Crippen molar-refractivity contribution in [3.8, 4) is 0 Å². The molecule has 0 unspecified atom stereocenters. The first-order valence-corrected chi connectivity index (χ1v) is 9.71. The lowest BCUT2D eigenvalue weighted by molar-refractivity contribution is 0.0746. The number of fused-ring (bicyclic) bond motifs is 1. The molecule has 2 heterocycles. The van der Waals surface area contributed by atoms with Gasteiger partial charge in [-0.1, -0.05) is 54.6 Å². The number of anilines is 1. The van der Waals surface area contributed by atoms with Gasteiger partial charge in [0.05, 0.1) is 0 Å². The molecule has 4 rings (SSSR count). The number of amides is 1. The highest BCUT2D eigenvalue weighted by atomic mass is 16.2. The second kappa shape index (κ2) is 8.21. The molecule has 1 aliphatic heterocycles. The zero-order valence-corrected chi connectivity index (χ0v) is 16.1. The van der Waals surface area contributed by atoms with Crippen LogP contribution < -0.4 is 4.90 Å². The molecule has 0 fully saturated rings. The molecule has 0 spiro atoms. The highest BCUT2D eigenvalue weighted by molar-refractivity contribution is 5.92. The number of aromatic nitrogens is 2. The lowest BCUT2D eigenvalue weighted by atomic mass is 10.00. The second-order valence-electron chi connectivity index (χ2n) is 7.01. The summed E-state index contributed by atoms with van der Waals surface area (Å²) in [6, 6.07) is 20.4. The SMILES string of the molecule is CCN(Cc1ccccc1)C(=O)c1cc(N2CCc3ccccc3C2)ncn1. The van der Waals surface area contributed by atoms with Gasteiger partial charge in [-0.25, -0.2) is 9.97 Å². The monoisotopic (exact) mass is 372 g/mol. The van der Waals surface area contributed by atoms with Crippen LogP contribution in [0.2, 0.25) is 0 Å². The molecule has 1 aromatic heterocycles. The van der Waals surface area contributed by atoms with Crippen molar-refractivity contribution < 1.29 is 4.79 Å². The molecular weight excluding hydrogens is 348 g/mol. The van der Waals surface area contributed by atoms with E-state index in [0.29, 0.717) is 18.8 Å². The molecule has 0 atom stereocenters. The average molecular weight is 372 g/mol. The first-order valence-electron chi connectivity index (χ1n) is 9.71. The first kappa shape index (κ1) is 18.2. The van der Waals surface area contributed by atoms with Crippen molar-refractivity contribution in [2.45, 2.75) is 26.4 Å². The number of carbonyl (C=O) groups excluding carboxylic acids is 1. The Morgan fingerprint density at radius 2 is 1.79 bits per heavy atom. The Hall–Kier alpha value is -3.21. The summed E-state index contributed by atoms with van der Waals surface area (Å²) in [5.74, 6) is 0.746. The predicted octanol–water partition coefficient (Wildman–Crippen LogP) is 3.70. The lowest BCUT2D eigenvalue weighted by Crippen LogP contribution is -2.33. The maximum Gasteiger partial charge on any atom is 0.272 e. The molecule has 0 N–H and O–H groups in total. The fourth-order valence-electron chi connectivity index (χ4n) is 3.62. The molecule has 5 nitrogen and oxygen atoms in total. The molecule has 0 bridgehead atoms. The van der Waals surface area contributed by atoms with E-state index in [1.807, 2.05) is 48.2 Å². The molecule has 0 aliphatic carbocycles. The molecule has 3 aromatic rings. The van der Waals surface area contributed by atoms with E-state index >= 15 is 0 Å². The minimum absolute atomic E-state index is 0.0626. The summed E-state index contributed by atoms with van der Waals surface area (Å²) >= 11 is 0. The van der Waals surface area contributed by atoms with E-state index < -0.39 is 0 Å². The van der Waals surface area contributed by atoms with Gasteiger partial charge in [0.15, 0.2) is 0 Å². The first-order chi connectivity index (χ1) is 13.7. The van der Waals surface area contributed by atoms with E-state index in [4.69, 9.17) is 0 Å². The summed E-state index contributed by atoms with van der Waals surface area (Å²) in [6.45, 7) is 4.90. The van der Waals surface area contributed by atoms with Crippen LogP contribution in [0.4, 0.5) is 5.82 Å². The molecular formula is C23H24N4O. The lowest BCUT2D eigenvalue weighted by Gasteiger charge is -2.30. The van der Waals surface area contributed by atoms with Crippen LogP contribution in [0, 0.1) is 0 Å². The third kappa shape index (κ3) is 3.88. The topological polar surface area (TPSA) is 49.3 Å². The van der Waals surface area contributed by atoms with E-state index in [1.165, 1.54) is 17.5 Å². The standard InChI is InChI=1S/C23H24N4O/c1-2-26(15-18-8-4-3-5-9-18)23(28)21-14-22(25-17-24-21)27-13-12-19-10-6-7-11-20(19)16-27/h3-11,14,17H,2,12-13,15-16H2,1H3. The van der Waals surface area contributed by atoms with Crippen molar-refractivity contribution in [1.82, 2.24) is 14.9 Å². The number of nitrogens with zero attached hydrogens (tertiary/aromatic N) is 4. The van der Waals surface area contributed by atoms with Gasteiger partial charge in [-0.15, -0.1) is 0 Å². The Morgan fingerprint density at radius 3 is 2.57 bits per heavy atom. The van der Waals surface area contributed by atoms with E-state index in [0.717, 1.165) is 30.9 Å². The number of hydrogen-bond donors (Lipinski definition) is 0. The van der Waals surface area contributed by atoms with E-state index in [2.05, 4.69) is 39.1 Å². The van der Waals surface area contributed by atoms with Crippen molar-refractivity contribution in [2.24, 2.45) is 0 Å². The highest BCUT2D eigenvalue weighted by Crippen LogP contribution is 2.23. The van der Waals surface area contributed by atoms with Crippen molar-refractivity contribution in [1.29, 1.82) is 0 Å². The fourth-order valence-corrected chi connectivity index (χ4v) is 3.62. The summed E-state index contributed by atoms with van der Waals surface area (Å²) < 4.78 is 0. The average Bonchev–Trinajstić information content (AvgIpc) is 2.77. The summed E-state index contributed by atoms with van der Waals surface area (Å²) in [6.07, 6.45) is 2.48. The van der Waals surface area contributed by atoms with Crippen LogP contribution in [0.5, 0.6) is 0 Å². The summed E-state index contributed by atoms with van der Waals surface area (Å²) in [5.41, 5.74) is 4.27. The van der Waals surface area contributed by atoms with Crippen molar-refractivity contribution in [3.05, 3.63) is 89.4 Å². The molecule has 0 saturated heterocycles. The Morgan fingerprint density at radius 1 is 1.04 bits per heavy atom. The fraction of sp³-hybridized carbons (Fsp3) is 0.261. The van der Waals surface area contributed by atoms with Crippen LogP contribution in [-0.4, -0.2) is 33.9 Å². The molecule has 0 saturated carbocycles. The van der Waals surface area contributed by atoms with E-state index in [-0.39, 0.29) is 5.91 Å². The molecule has 28 heavy (non-hydrogen) atoms. The van der Waals surface area contributed by atoms with Crippen LogP contribution in [0.1, 0.15) is 34.1 Å². The molecule has 142 valence electrons. The molecule has 1 amide bonds. The van der Waals surface area contributed by atoms with Gasteiger partial charge in [-0.05, 0) is 30.0 Å². The normalized spacial score (nSPS) is 13.1. The van der Waals surface area contributed by atoms with Gasteiger partial charge in [-0.2, -0.15) is 0 Å². The van der Waals surface area contributed by atoms with Crippen molar-refractivity contribution in [3.63, 3.8) is 0 Å². The van der Waals surface area contributed by atoms with Crippen molar-refractivity contribution >= 4 is 11.7 Å². The van der Waals surface area contributed by atoms with Crippen LogP contribution in [0.25, 0.3) is 0 Å². The molecule has 1 aliphatic rings. The summed E-state index contributed by atoms with van der Waals surface area (Å²) in [7, 11) is 0. The highest BCUT2D eigenvalue weighted by Gasteiger charge is 2.21.